The van der Waals surface area contributed by atoms with Gasteiger partial charge in [-0.25, -0.2) is 0 Å². The summed E-state index contributed by atoms with van der Waals surface area (Å²) in [6.07, 6.45) is 1.86. The fraction of sp³-hybridized carbons (Fsp3) is 0.400. The van der Waals surface area contributed by atoms with Crippen LogP contribution in [-0.2, 0) is 4.74 Å². The number of aryl methyl sites for hydroxylation is 1. The Kier molecular flexibility index (Phi) is 4.28. The quantitative estimate of drug-likeness (QED) is 0.823. The zero-order valence-electron chi connectivity index (χ0n) is 11.0. The molecule has 0 aliphatic carbocycles. The molecule has 0 fully saturated rings. The van der Waals surface area contributed by atoms with Crippen molar-refractivity contribution < 1.29 is 4.74 Å². The summed E-state index contributed by atoms with van der Waals surface area (Å²) in [4.78, 5) is 4.65. The summed E-state index contributed by atoms with van der Waals surface area (Å²) in [5, 5.41) is 1.20. The Bertz CT molecular complexity index is 525. The number of rotatable bonds is 5. The second-order valence-corrected chi connectivity index (χ2v) is 4.62. The van der Waals surface area contributed by atoms with Gasteiger partial charge in [-0.1, -0.05) is 18.2 Å². The second kappa shape index (κ2) is 5.94. The third-order valence-electron chi connectivity index (χ3n) is 3.19. The van der Waals surface area contributed by atoms with E-state index >= 15 is 0 Å². The minimum atomic E-state index is -0.0107. The molecule has 0 saturated carbocycles. The fourth-order valence-corrected chi connectivity index (χ4v) is 2.16. The van der Waals surface area contributed by atoms with Crippen LogP contribution in [0.4, 0.5) is 0 Å². The average Bonchev–Trinajstić information content (AvgIpc) is 2.39. The number of nitrogens with two attached hydrogens (primary N) is 1. The third kappa shape index (κ3) is 2.86. The van der Waals surface area contributed by atoms with Gasteiger partial charge in [0.05, 0.1) is 11.2 Å². The van der Waals surface area contributed by atoms with Gasteiger partial charge in [0.1, 0.15) is 0 Å². The number of fused-ring (bicyclic) bond motifs is 1. The lowest BCUT2D eigenvalue weighted by Gasteiger charge is -2.13. The van der Waals surface area contributed by atoms with Gasteiger partial charge in [0.2, 0.25) is 0 Å². The van der Waals surface area contributed by atoms with Crippen molar-refractivity contribution in [1.82, 2.24) is 4.98 Å². The Morgan fingerprint density at radius 2 is 2.11 bits per heavy atom. The van der Waals surface area contributed by atoms with Gasteiger partial charge >= 0.3 is 0 Å². The van der Waals surface area contributed by atoms with E-state index in [1.807, 2.05) is 18.2 Å². The maximum atomic E-state index is 6.18. The number of pyridine rings is 1. The van der Waals surface area contributed by atoms with Crippen molar-refractivity contribution in [3.63, 3.8) is 0 Å². The number of benzene rings is 1. The first kappa shape index (κ1) is 13.0. The first-order valence-electron chi connectivity index (χ1n) is 6.33. The number of hydrogen-bond donors (Lipinski definition) is 1. The highest BCUT2D eigenvalue weighted by atomic mass is 16.5. The second-order valence-electron chi connectivity index (χ2n) is 4.62. The van der Waals surface area contributed by atoms with E-state index in [0.717, 1.165) is 30.7 Å². The smallest absolute Gasteiger partial charge is 0.0708 e. The van der Waals surface area contributed by atoms with Crippen LogP contribution in [0.15, 0.2) is 30.3 Å². The van der Waals surface area contributed by atoms with Gasteiger partial charge in [0, 0.05) is 25.1 Å². The van der Waals surface area contributed by atoms with E-state index in [-0.39, 0.29) is 6.04 Å². The number of ether oxygens (including phenoxy) is 1. The van der Waals surface area contributed by atoms with Crippen LogP contribution in [0.1, 0.15) is 30.1 Å². The maximum Gasteiger partial charge on any atom is 0.0708 e. The van der Waals surface area contributed by atoms with Gasteiger partial charge in [-0.15, -0.1) is 0 Å². The molecule has 0 amide bonds. The SMILES string of the molecule is COCCCC(N)c1cc(C)c2ccccc2n1. The highest BCUT2D eigenvalue weighted by molar-refractivity contribution is 5.82. The van der Waals surface area contributed by atoms with Crippen LogP contribution in [0.3, 0.4) is 0 Å². The number of para-hydroxylation sites is 1. The predicted octanol–water partition coefficient (Wildman–Crippen LogP) is 2.97. The summed E-state index contributed by atoms with van der Waals surface area (Å²) >= 11 is 0. The monoisotopic (exact) mass is 244 g/mol. The molecule has 0 bridgehead atoms. The highest BCUT2D eigenvalue weighted by Crippen LogP contribution is 2.21. The number of aromatic nitrogens is 1. The Morgan fingerprint density at radius 1 is 1.33 bits per heavy atom. The fourth-order valence-electron chi connectivity index (χ4n) is 2.16. The topological polar surface area (TPSA) is 48.1 Å². The number of nitrogens with zero attached hydrogens (tertiary/aromatic N) is 1. The summed E-state index contributed by atoms with van der Waals surface area (Å²) in [5.74, 6) is 0. The maximum absolute atomic E-state index is 6.18. The molecule has 96 valence electrons. The van der Waals surface area contributed by atoms with Crippen LogP contribution < -0.4 is 5.73 Å². The molecular formula is C15H20N2O. The summed E-state index contributed by atoms with van der Waals surface area (Å²) in [6, 6.07) is 10.3. The lowest BCUT2D eigenvalue weighted by atomic mass is 10.0. The molecule has 0 aliphatic heterocycles. The molecule has 0 saturated heterocycles. The molecule has 1 unspecified atom stereocenters. The lowest BCUT2D eigenvalue weighted by molar-refractivity contribution is 0.190. The largest absolute Gasteiger partial charge is 0.385 e. The van der Waals surface area contributed by atoms with E-state index in [4.69, 9.17) is 10.5 Å². The molecule has 2 N–H and O–H groups in total. The summed E-state index contributed by atoms with van der Waals surface area (Å²) < 4.78 is 5.05. The van der Waals surface area contributed by atoms with Crippen molar-refractivity contribution >= 4 is 10.9 Å². The van der Waals surface area contributed by atoms with Crippen LogP contribution in [0.5, 0.6) is 0 Å². The predicted molar refractivity (Wildman–Crippen MR) is 74.5 cm³/mol. The summed E-state index contributed by atoms with van der Waals surface area (Å²) in [6.45, 7) is 2.86. The zero-order valence-corrected chi connectivity index (χ0v) is 11.0. The first-order chi connectivity index (χ1) is 8.72. The molecule has 1 atom stereocenters. The molecular weight excluding hydrogens is 224 g/mol. The van der Waals surface area contributed by atoms with Gasteiger partial charge in [-0.05, 0) is 37.5 Å². The van der Waals surface area contributed by atoms with Crippen molar-refractivity contribution in [1.29, 1.82) is 0 Å². The highest BCUT2D eigenvalue weighted by Gasteiger charge is 2.09. The van der Waals surface area contributed by atoms with Gasteiger partial charge in [-0.2, -0.15) is 0 Å². The van der Waals surface area contributed by atoms with Crippen molar-refractivity contribution in [2.24, 2.45) is 5.73 Å². The van der Waals surface area contributed by atoms with E-state index in [9.17, 15) is 0 Å². The van der Waals surface area contributed by atoms with Crippen molar-refractivity contribution in [3.05, 3.63) is 41.6 Å². The Hall–Kier alpha value is -1.45. The standard InChI is InChI=1S/C15H20N2O/c1-11-10-15(13(16)7-5-9-18-2)17-14-8-4-3-6-12(11)14/h3-4,6,8,10,13H,5,7,9,16H2,1-2H3. The molecule has 1 aromatic carbocycles. The normalized spacial score (nSPS) is 12.8. The van der Waals surface area contributed by atoms with Crippen molar-refractivity contribution in [2.75, 3.05) is 13.7 Å². The van der Waals surface area contributed by atoms with Crippen molar-refractivity contribution in [3.8, 4) is 0 Å². The van der Waals surface area contributed by atoms with E-state index < -0.39 is 0 Å². The van der Waals surface area contributed by atoms with E-state index in [0.29, 0.717) is 0 Å². The van der Waals surface area contributed by atoms with Crippen LogP contribution in [0.2, 0.25) is 0 Å². The Balaban J connectivity index is 2.23. The molecule has 0 aliphatic rings. The van der Waals surface area contributed by atoms with Gasteiger partial charge in [0.25, 0.3) is 0 Å². The molecule has 1 heterocycles. The zero-order chi connectivity index (χ0) is 13.0. The molecule has 0 radical (unpaired) electrons. The van der Waals surface area contributed by atoms with Gasteiger partial charge < -0.3 is 10.5 Å². The Labute approximate surface area is 108 Å². The van der Waals surface area contributed by atoms with E-state index in [2.05, 4.69) is 24.0 Å². The average molecular weight is 244 g/mol. The summed E-state index contributed by atoms with van der Waals surface area (Å²) in [5.41, 5.74) is 9.41. The molecule has 1 aromatic heterocycles. The lowest BCUT2D eigenvalue weighted by Crippen LogP contribution is -2.13. The molecule has 2 aromatic rings. The molecule has 3 heteroatoms. The Morgan fingerprint density at radius 3 is 2.89 bits per heavy atom. The number of hydrogen-bond acceptors (Lipinski definition) is 3. The van der Waals surface area contributed by atoms with Gasteiger partial charge in [-0.3, -0.25) is 4.98 Å². The molecule has 0 spiro atoms. The van der Waals surface area contributed by atoms with Crippen LogP contribution in [-0.4, -0.2) is 18.7 Å². The minimum absolute atomic E-state index is 0.0107. The molecule has 18 heavy (non-hydrogen) atoms. The third-order valence-corrected chi connectivity index (χ3v) is 3.19. The van der Waals surface area contributed by atoms with Crippen LogP contribution >= 0.6 is 0 Å². The van der Waals surface area contributed by atoms with Gasteiger partial charge in [0.15, 0.2) is 0 Å². The number of methoxy groups -OCH3 is 1. The van der Waals surface area contributed by atoms with Crippen molar-refractivity contribution in [2.45, 2.75) is 25.8 Å². The minimum Gasteiger partial charge on any atom is -0.385 e. The van der Waals surface area contributed by atoms with E-state index in [1.165, 1.54) is 10.9 Å². The molecule has 2 rings (SSSR count). The van der Waals surface area contributed by atoms with Crippen LogP contribution in [0, 0.1) is 6.92 Å². The van der Waals surface area contributed by atoms with Crippen LogP contribution in [0.25, 0.3) is 10.9 Å². The molecule has 3 nitrogen and oxygen atoms in total. The summed E-state index contributed by atoms with van der Waals surface area (Å²) in [7, 11) is 1.71. The first-order valence-corrected chi connectivity index (χ1v) is 6.33. The van der Waals surface area contributed by atoms with E-state index in [1.54, 1.807) is 7.11 Å².